The predicted molar refractivity (Wildman–Crippen MR) is 60.8 cm³/mol. The second kappa shape index (κ2) is 5.12. The summed E-state index contributed by atoms with van der Waals surface area (Å²) in [7, 11) is 1.91. The third-order valence-corrected chi connectivity index (χ3v) is 1.91. The molecule has 0 radical (unpaired) electrons. The standard InChI is InChI=1S/C11H19N3O2/c1-11(2,3)16-10(15)7-12-5-9-6-13-8-14(9)4/h6,8,12H,5,7H2,1-4H3. The summed E-state index contributed by atoms with van der Waals surface area (Å²) in [5, 5.41) is 3.02. The van der Waals surface area contributed by atoms with Gasteiger partial charge in [0.25, 0.3) is 0 Å². The van der Waals surface area contributed by atoms with Crippen molar-refractivity contribution in [2.45, 2.75) is 32.9 Å². The molecule has 90 valence electrons. The molecule has 16 heavy (non-hydrogen) atoms. The molecule has 5 nitrogen and oxygen atoms in total. The predicted octanol–water partition coefficient (Wildman–Crippen LogP) is 0.851. The highest BCUT2D eigenvalue weighted by Gasteiger charge is 2.15. The van der Waals surface area contributed by atoms with Gasteiger partial charge in [-0.3, -0.25) is 4.79 Å². The highest BCUT2D eigenvalue weighted by atomic mass is 16.6. The van der Waals surface area contributed by atoms with Crippen molar-refractivity contribution < 1.29 is 9.53 Å². The maximum absolute atomic E-state index is 11.4. The zero-order chi connectivity index (χ0) is 12.2. The molecule has 0 aliphatic carbocycles. The van der Waals surface area contributed by atoms with Gasteiger partial charge in [0.15, 0.2) is 0 Å². The first-order valence-electron chi connectivity index (χ1n) is 5.26. The smallest absolute Gasteiger partial charge is 0.320 e. The van der Waals surface area contributed by atoms with Crippen LogP contribution in [0.25, 0.3) is 0 Å². The molecule has 0 aliphatic heterocycles. The van der Waals surface area contributed by atoms with Crippen LogP contribution in [0.2, 0.25) is 0 Å². The van der Waals surface area contributed by atoms with Crippen LogP contribution in [-0.2, 0) is 23.1 Å². The van der Waals surface area contributed by atoms with Gasteiger partial charge in [-0.25, -0.2) is 4.98 Å². The van der Waals surface area contributed by atoms with E-state index in [1.165, 1.54) is 0 Å². The van der Waals surface area contributed by atoms with E-state index in [-0.39, 0.29) is 12.5 Å². The van der Waals surface area contributed by atoms with Gasteiger partial charge >= 0.3 is 5.97 Å². The Morgan fingerprint density at radius 2 is 2.25 bits per heavy atom. The molecule has 1 aromatic rings. The van der Waals surface area contributed by atoms with Crippen LogP contribution in [0.15, 0.2) is 12.5 Å². The number of nitrogens with one attached hydrogen (secondary N) is 1. The molecule has 0 amide bonds. The Morgan fingerprint density at radius 3 is 2.75 bits per heavy atom. The van der Waals surface area contributed by atoms with Crippen LogP contribution in [0.5, 0.6) is 0 Å². The van der Waals surface area contributed by atoms with Gasteiger partial charge in [-0.05, 0) is 20.8 Å². The summed E-state index contributed by atoms with van der Waals surface area (Å²) in [6.45, 7) is 6.38. The summed E-state index contributed by atoms with van der Waals surface area (Å²) in [6, 6.07) is 0. The van der Waals surface area contributed by atoms with Gasteiger partial charge in [-0.1, -0.05) is 0 Å². The van der Waals surface area contributed by atoms with E-state index in [4.69, 9.17) is 4.74 Å². The molecule has 0 saturated heterocycles. The van der Waals surface area contributed by atoms with E-state index >= 15 is 0 Å². The third-order valence-electron chi connectivity index (χ3n) is 1.91. The molecule has 0 aliphatic rings. The Kier molecular flexibility index (Phi) is 4.06. The Bertz CT molecular complexity index is 352. The Morgan fingerprint density at radius 1 is 1.56 bits per heavy atom. The van der Waals surface area contributed by atoms with Gasteiger partial charge in [0.2, 0.25) is 0 Å². The number of hydrogen-bond acceptors (Lipinski definition) is 4. The first kappa shape index (κ1) is 12.7. The maximum Gasteiger partial charge on any atom is 0.320 e. The Labute approximate surface area is 95.8 Å². The van der Waals surface area contributed by atoms with Crippen LogP contribution in [0.4, 0.5) is 0 Å². The molecule has 0 bridgehead atoms. The minimum atomic E-state index is -0.425. The normalized spacial score (nSPS) is 11.5. The number of imidazole rings is 1. The zero-order valence-electron chi connectivity index (χ0n) is 10.3. The zero-order valence-corrected chi connectivity index (χ0v) is 10.3. The molecule has 0 aromatic carbocycles. The lowest BCUT2D eigenvalue weighted by atomic mass is 10.2. The lowest BCUT2D eigenvalue weighted by Gasteiger charge is -2.19. The number of aromatic nitrogens is 2. The maximum atomic E-state index is 11.4. The second-order valence-corrected chi connectivity index (χ2v) is 4.69. The van der Waals surface area contributed by atoms with E-state index in [1.807, 2.05) is 32.4 Å². The lowest BCUT2D eigenvalue weighted by molar-refractivity contribution is -0.153. The first-order chi connectivity index (χ1) is 7.38. The average Bonchev–Trinajstić information content (AvgIpc) is 2.48. The molecule has 0 atom stereocenters. The van der Waals surface area contributed by atoms with Crippen molar-refractivity contribution in [3.63, 3.8) is 0 Å². The number of carbonyl (C=O) groups excluding carboxylic acids is 1. The molecular formula is C11H19N3O2. The number of carbonyl (C=O) groups is 1. The summed E-state index contributed by atoms with van der Waals surface area (Å²) < 4.78 is 7.07. The minimum absolute atomic E-state index is 0.211. The van der Waals surface area contributed by atoms with Crippen LogP contribution in [0, 0.1) is 0 Å². The quantitative estimate of drug-likeness (QED) is 0.772. The van der Waals surface area contributed by atoms with Gasteiger partial charge in [0.05, 0.1) is 18.6 Å². The van der Waals surface area contributed by atoms with E-state index in [9.17, 15) is 4.79 Å². The highest BCUT2D eigenvalue weighted by Crippen LogP contribution is 2.06. The summed E-state index contributed by atoms with van der Waals surface area (Å²) in [6.07, 6.45) is 3.49. The van der Waals surface area contributed by atoms with Crippen molar-refractivity contribution in [1.82, 2.24) is 14.9 Å². The van der Waals surface area contributed by atoms with Crippen molar-refractivity contribution in [3.8, 4) is 0 Å². The first-order valence-corrected chi connectivity index (χ1v) is 5.26. The number of ether oxygens (including phenoxy) is 1. The van der Waals surface area contributed by atoms with Crippen LogP contribution in [0.1, 0.15) is 26.5 Å². The van der Waals surface area contributed by atoms with Crippen molar-refractivity contribution in [2.75, 3.05) is 6.54 Å². The lowest BCUT2D eigenvalue weighted by Crippen LogP contribution is -2.31. The van der Waals surface area contributed by atoms with Gasteiger partial charge < -0.3 is 14.6 Å². The van der Waals surface area contributed by atoms with Gasteiger partial charge in [-0.2, -0.15) is 0 Å². The van der Waals surface area contributed by atoms with Crippen molar-refractivity contribution >= 4 is 5.97 Å². The van der Waals surface area contributed by atoms with Crippen LogP contribution >= 0.6 is 0 Å². The number of nitrogens with zero attached hydrogens (tertiary/aromatic N) is 2. The average molecular weight is 225 g/mol. The Hall–Kier alpha value is -1.36. The van der Waals surface area contributed by atoms with E-state index in [1.54, 1.807) is 12.5 Å². The summed E-state index contributed by atoms with van der Waals surface area (Å²) in [5.41, 5.74) is 0.606. The molecule has 0 spiro atoms. The molecule has 1 heterocycles. The molecule has 1 aromatic heterocycles. The summed E-state index contributed by atoms with van der Waals surface area (Å²) in [4.78, 5) is 15.4. The van der Waals surface area contributed by atoms with E-state index in [0.29, 0.717) is 6.54 Å². The number of aryl methyl sites for hydroxylation is 1. The largest absolute Gasteiger partial charge is 0.459 e. The van der Waals surface area contributed by atoms with Crippen LogP contribution in [-0.4, -0.2) is 27.7 Å². The molecular weight excluding hydrogens is 206 g/mol. The van der Waals surface area contributed by atoms with Crippen LogP contribution < -0.4 is 5.32 Å². The number of rotatable bonds is 4. The number of esters is 1. The van der Waals surface area contributed by atoms with E-state index in [2.05, 4.69) is 10.3 Å². The summed E-state index contributed by atoms with van der Waals surface area (Å²) in [5.74, 6) is -0.241. The SMILES string of the molecule is Cn1cncc1CNCC(=O)OC(C)(C)C. The highest BCUT2D eigenvalue weighted by molar-refractivity contribution is 5.72. The van der Waals surface area contributed by atoms with Gasteiger partial charge in [0.1, 0.15) is 5.60 Å². The van der Waals surface area contributed by atoms with Crippen molar-refractivity contribution in [3.05, 3.63) is 18.2 Å². The molecule has 0 fully saturated rings. The fraction of sp³-hybridized carbons (Fsp3) is 0.636. The molecule has 1 N–H and O–H groups in total. The monoisotopic (exact) mass is 225 g/mol. The number of hydrogen-bond donors (Lipinski definition) is 1. The summed E-state index contributed by atoms with van der Waals surface area (Å²) >= 11 is 0. The molecule has 5 heteroatoms. The minimum Gasteiger partial charge on any atom is -0.459 e. The van der Waals surface area contributed by atoms with E-state index in [0.717, 1.165) is 5.69 Å². The fourth-order valence-corrected chi connectivity index (χ4v) is 1.23. The van der Waals surface area contributed by atoms with Crippen LogP contribution in [0.3, 0.4) is 0 Å². The van der Waals surface area contributed by atoms with Gasteiger partial charge in [-0.15, -0.1) is 0 Å². The molecule has 1 rings (SSSR count). The second-order valence-electron chi connectivity index (χ2n) is 4.69. The molecule has 0 unspecified atom stereocenters. The fourth-order valence-electron chi connectivity index (χ4n) is 1.23. The Balaban J connectivity index is 2.26. The topological polar surface area (TPSA) is 56.2 Å². The van der Waals surface area contributed by atoms with E-state index < -0.39 is 5.60 Å². The van der Waals surface area contributed by atoms with Gasteiger partial charge in [0, 0.05) is 19.8 Å². The molecule has 0 saturated carbocycles. The third kappa shape index (κ3) is 4.44. The van der Waals surface area contributed by atoms with Crippen molar-refractivity contribution in [2.24, 2.45) is 7.05 Å². The van der Waals surface area contributed by atoms with Crippen molar-refractivity contribution in [1.29, 1.82) is 0 Å².